The molecule has 0 heterocycles. The van der Waals surface area contributed by atoms with Gasteiger partial charge in [0.25, 0.3) is 0 Å². The van der Waals surface area contributed by atoms with E-state index in [4.69, 9.17) is 11.6 Å². The van der Waals surface area contributed by atoms with Crippen LogP contribution in [0, 0.1) is 27.7 Å². The van der Waals surface area contributed by atoms with Crippen molar-refractivity contribution < 1.29 is 8.42 Å². The van der Waals surface area contributed by atoms with Gasteiger partial charge in [-0.2, -0.15) is 0 Å². The Kier molecular flexibility index (Phi) is 4.95. The molecule has 0 atom stereocenters. The molecule has 2 aromatic carbocycles. The molecule has 22 heavy (non-hydrogen) atoms. The fraction of sp³-hybridized carbons (Fsp3) is 0.294. The lowest BCUT2D eigenvalue weighted by atomic mass is 10.1. The molecule has 118 valence electrons. The van der Waals surface area contributed by atoms with Crippen molar-refractivity contribution in [3.8, 4) is 0 Å². The molecule has 0 aromatic heterocycles. The summed E-state index contributed by atoms with van der Waals surface area (Å²) < 4.78 is 27.7. The summed E-state index contributed by atoms with van der Waals surface area (Å²) in [5.74, 6) is 0. The third kappa shape index (κ3) is 3.88. The van der Waals surface area contributed by atoms with E-state index in [0.717, 1.165) is 22.3 Å². The van der Waals surface area contributed by atoms with E-state index < -0.39 is 10.0 Å². The molecular weight excluding hydrogens is 318 g/mol. The molecule has 0 bridgehead atoms. The van der Waals surface area contributed by atoms with E-state index >= 15 is 0 Å². The van der Waals surface area contributed by atoms with Crippen LogP contribution in [-0.2, 0) is 16.6 Å². The van der Waals surface area contributed by atoms with Crippen LogP contribution < -0.4 is 4.72 Å². The third-order valence-electron chi connectivity index (χ3n) is 3.49. The summed E-state index contributed by atoms with van der Waals surface area (Å²) in [4.78, 5) is 0.277. The van der Waals surface area contributed by atoms with E-state index in [0.29, 0.717) is 10.6 Å². The van der Waals surface area contributed by atoms with Crippen LogP contribution in [0.5, 0.6) is 0 Å². The largest absolute Gasteiger partial charge is 0.241 e. The minimum absolute atomic E-state index is 0.270. The molecular formula is C17H20ClNO2S. The SMILES string of the molecule is Cc1cc(C)cc(CNS(=O)(=O)c2cc(C)c(Cl)cc2C)c1. The number of hydrogen-bond acceptors (Lipinski definition) is 2. The van der Waals surface area contributed by atoms with Gasteiger partial charge in [-0.1, -0.05) is 40.9 Å². The molecule has 0 amide bonds. The van der Waals surface area contributed by atoms with Gasteiger partial charge < -0.3 is 0 Å². The average molecular weight is 338 g/mol. The molecule has 0 radical (unpaired) electrons. The van der Waals surface area contributed by atoms with Gasteiger partial charge in [0.15, 0.2) is 0 Å². The van der Waals surface area contributed by atoms with E-state index in [1.807, 2.05) is 26.0 Å². The molecule has 5 heteroatoms. The van der Waals surface area contributed by atoms with Crippen LogP contribution in [0.4, 0.5) is 0 Å². The minimum Gasteiger partial charge on any atom is -0.207 e. The lowest BCUT2D eigenvalue weighted by Crippen LogP contribution is -2.24. The Morgan fingerprint density at radius 1 is 0.909 bits per heavy atom. The maximum atomic E-state index is 12.5. The van der Waals surface area contributed by atoms with Crippen LogP contribution in [0.15, 0.2) is 35.2 Å². The Labute approximate surface area is 137 Å². The molecule has 0 aliphatic heterocycles. The highest BCUT2D eigenvalue weighted by atomic mass is 35.5. The highest BCUT2D eigenvalue weighted by molar-refractivity contribution is 7.89. The molecule has 2 rings (SSSR count). The number of rotatable bonds is 4. The summed E-state index contributed by atoms with van der Waals surface area (Å²) in [6.45, 7) is 7.81. The predicted octanol–water partition coefficient (Wildman–Crippen LogP) is 4.05. The van der Waals surface area contributed by atoms with Crippen molar-refractivity contribution in [3.63, 3.8) is 0 Å². The maximum absolute atomic E-state index is 12.5. The summed E-state index contributed by atoms with van der Waals surface area (Å²) in [7, 11) is -3.56. The zero-order valence-electron chi connectivity index (χ0n) is 13.2. The Morgan fingerprint density at radius 3 is 2.09 bits per heavy atom. The van der Waals surface area contributed by atoms with Gasteiger partial charge in [0, 0.05) is 11.6 Å². The highest BCUT2D eigenvalue weighted by Gasteiger charge is 2.18. The summed E-state index contributed by atoms with van der Waals surface area (Å²) in [5, 5.41) is 0.575. The first-order valence-electron chi connectivity index (χ1n) is 7.02. The fourth-order valence-corrected chi connectivity index (χ4v) is 4.02. The van der Waals surface area contributed by atoms with Crippen LogP contribution in [0.2, 0.25) is 5.02 Å². The van der Waals surface area contributed by atoms with Crippen molar-refractivity contribution in [2.24, 2.45) is 0 Å². The number of aryl methyl sites for hydroxylation is 4. The topological polar surface area (TPSA) is 46.2 Å². The monoisotopic (exact) mass is 337 g/mol. The lowest BCUT2D eigenvalue weighted by Gasteiger charge is -2.12. The smallest absolute Gasteiger partial charge is 0.207 e. The molecule has 2 aromatic rings. The summed E-state index contributed by atoms with van der Waals surface area (Å²) >= 11 is 6.03. The molecule has 0 saturated carbocycles. The second kappa shape index (κ2) is 6.41. The molecule has 0 saturated heterocycles. The van der Waals surface area contributed by atoms with Crippen LogP contribution in [-0.4, -0.2) is 8.42 Å². The number of nitrogens with one attached hydrogen (secondary N) is 1. The predicted molar refractivity (Wildman–Crippen MR) is 90.9 cm³/mol. The Balaban J connectivity index is 2.26. The summed E-state index contributed by atoms with van der Waals surface area (Å²) in [6, 6.07) is 9.32. The van der Waals surface area contributed by atoms with Crippen LogP contribution in [0.1, 0.15) is 27.8 Å². The first-order valence-corrected chi connectivity index (χ1v) is 8.89. The first kappa shape index (κ1) is 17.0. The van der Waals surface area contributed by atoms with Crippen LogP contribution >= 0.6 is 11.6 Å². The van der Waals surface area contributed by atoms with Gasteiger partial charge in [0.05, 0.1) is 4.90 Å². The van der Waals surface area contributed by atoms with Crippen molar-refractivity contribution in [2.45, 2.75) is 39.1 Å². The second-order valence-electron chi connectivity index (χ2n) is 5.69. The Morgan fingerprint density at radius 2 is 1.50 bits per heavy atom. The molecule has 1 N–H and O–H groups in total. The Bertz CT molecular complexity index is 793. The molecule has 0 unspecified atom stereocenters. The van der Waals surface area contributed by atoms with Gasteiger partial charge in [0.1, 0.15) is 0 Å². The van der Waals surface area contributed by atoms with Gasteiger partial charge in [-0.25, -0.2) is 13.1 Å². The maximum Gasteiger partial charge on any atom is 0.241 e. The zero-order valence-corrected chi connectivity index (χ0v) is 14.8. The molecule has 0 spiro atoms. The Hall–Kier alpha value is -1.36. The van der Waals surface area contributed by atoms with Gasteiger partial charge in [0.2, 0.25) is 10.0 Å². The second-order valence-corrected chi connectivity index (χ2v) is 7.83. The van der Waals surface area contributed by atoms with Gasteiger partial charge in [-0.3, -0.25) is 0 Å². The van der Waals surface area contributed by atoms with Crippen molar-refractivity contribution >= 4 is 21.6 Å². The number of sulfonamides is 1. The zero-order chi connectivity index (χ0) is 16.5. The van der Waals surface area contributed by atoms with E-state index in [9.17, 15) is 8.42 Å². The fourth-order valence-electron chi connectivity index (χ4n) is 2.47. The molecule has 0 fully saturated rings. The van der Waals surface area contributed by atoms with Crippen LogP contribution in [0.3, 0.4) is 0 Å². The van der Waals surface area contributed by atoms with Gasteiger partial charge in [-0.15, -0.1) is 0 Å². The third-order valence-corrected chi connectivity index (χ3v) is 5.44. The number of halogens is 1. The van der Waals surface area contributed by atoms with Crippen molar-refractivity contribution in [1.29, 1.82) is 0 Å². The van der Waals surface area contributed by atoms with Crippen molar-refractivity contribution in [3.05, 3.63) is 63.2 Å². The lowest BCUT2D eigenvalue weighted by molar-refractivity contribution is 0.580. The number of hydrogen-bond donors (Lipinski definition) is 1. The summed E-state index contributed by atoms with van der Waals surface area (Å²) in [6.07, 6.45) is 0. The van der Waals surface area contributed by atoms with Gasteiger partial charge in [-0.05, 0) is 56.5 Å². The highest BCUT2D eigenvalue weighted by Crippen LogP contribution is 2.24. The molecule has 3 nitrogen and oxygen atoms in total. The van der Waals surface area contributed by atoms with Crippen molar-refractivity contribution in [1.82, 2.24) is 4.72 Å². The van der Waals surface area contributed by atoms with E-state index in [-0.39, 0.29) is 11.4 Å². The minimum atomic E-state index is -3.56. The summed E-state index contributed by atoms with van der Waals surface area (Å²) in [5.41, 5.74) is 4.58. The first-order chi connectivity index (χ1) is 10.2. The van der Waals surface area contributed by atoms with E-state index in [2.05, 4.69) is 10.8 Å². The van der Waals surface area contributed by atoms with E-state index in [1.54, 1.807) is 26.0 Å². The molecule has 0 aliphatic carbocycles. The molecule has 0 aliphatic rings. The average Bonchev–Trinajstić information content (AvgIpc) is 2.39. The normalized spacial score (nSPS) is 11.7. The van der Waals surface area contributed by atoms with Gasteiger partial charge >= 0.3 is 0 Å². The van der Waals surface area contributed by atoms with Crippen molar-refractivity contribution in [2.75, 3.05) is 0 Å². The van der Waals surface area contributed by atoms with E-state index in [1.165, 1.54) is 0 Å². The number of benzene rings is 2. The van der Waals surface area contributed by atoms with Crippen LogP contribution in [0.25, 0.3) is 0 Å². The quantitative estimate of drug-likeness (QED) is 0.914. The standard InChI is InChI=1S/C17H20ClNO2S/c1-11-5-12(2)7-15(6-11)10-19-22(20,21)17-9-13(3)16(18)8-14(17)4/h5-9,19H,10H2,1-4H3.